The Labute approximate surface area is 97.6 Å². The molecule has 0 saturated carbocycles. The molecule has 0 spiro atoms. The van der Waals surface area contributed by atoms with Gasteiger partial charge in [-0.3, -0.25) is 0 Å². The summed E-state index contributed by atoms with van der Waals surface area (Å²) in [5.74, 6) is 1.06. The standard InChI is InChI=1S/C10H13IN2O/c1-8-7-13(4-5-14-8)10-3-2-9(11)6-12-10/h2-3,6,8H,4-5,7H2,1H3. The summed E-state index contributed by atoms with van der Waals surface area (Å²) < 4.78 is 6.66. The molecule has 1 aliphatic heterocycles. The van der Waals surface area contributed by atoms with Gasteiger partial charge < -0.3 is 9.64 Å². The van der Waals surface area contributed by atoms with Crippen molar-refractivity contribution in [2.45, 2.75) is 13.0 Å². The molecule has 1 aliphatic rings. The van der Waals surface area contributed by atoms with Gasteiger partial charge in [-0.1, -0.05) is 0 Å². The summed E-state index contributed by atoms with van der Waals surface area (Å²) in [6.07, 6.45) is 2.21. The van der Waals surface area contributed by atoms with E-state index in [2.05, 4.69) is 51.5 Å². The predicted molar refractivity (Wildman–Crippen MR) is 64.6 cm³/mol. The minimum atomic E-state index is 0.310. The maximum absolute atomic E-state index is 5.48. The summed E-state index contributed by atoms with van der Waals surface area (Å²) in [7, 11) is 0. The van der Waals surface area contributed by atoms with Crippen LogP contribution in [0.5, 0.6) is 0 Å². The van der Waals surface area contributed by atoms with Crippen molar-refractivity contribution in [2.24, 2.45) is 0 Å². The van der Waals surface area contributed by atoms with Gasteiger partial charge in [-0.05, 0) is 41.6 Å². The van der Waals surface area contributed by atoms with Crippen LogP contribution >= 0.6 is 22.6 Å². The van der Waals surface area contributed by atoms with Crippen molar-refractivity contribution in [1.29, 1.82) is 0 Å². The van der Waals surface area contributed by atoms with Crippen LogP contribution in [0, 0.1) is 3.57 Å². The number of halogens is 1. The maximum Gasteiger partial charge on any atom is 0.128 e. The molecule has 1 atom stereocenters. The Morgan fingerprint density at radius 2 is 2.43 bits per heavy atom. The smallest absolute Gasteiger partial charge is 0.128 e. The molecule has 0 bridgehead atoms. The minimum absolute atomic E-state index is 0.310. The van der Waals surface area contributed by atoms with Gasteiger partial charge in [-0.15, -0.1) is 0 Å². The summed E-state index contributed by atoms with van der Waals surface area (Å²) >= 11 is 2.27. The number of ether oxygens (including phenoxy) is 1. The Hall–Kier alpha value is -0.360. The van der Waals surface area contributed by atoms with Crippen molar-refractivity contribution in [3.8, 4) is 0 Å². The molecule has 1 aromatic heterocycles. The van der Waals surface area contributed by atoms with E-state index in [1.807, 2.05) is 6.20 Å². The fourth-order valence-corrected chi connectivity index (χ4v) is 1.90. The van der Waals surface area contributed by atoms with Crippen LogP contribution in [-0.2, 0) is 4.74 Å². The molecule has 0 radical (unpaired) electrons. The molecule has 1 aromatic rings. The summed E-state index contributed by atoms with van der Waals surface area (Å²) in [4.78, 5) is 6.67. The van der Waals surface area contributed by atoms with Crippen molar-refractivity contribution < 1.29 is 4.74 Å². The van der Waals surface area contributed by atoms with Gasteiger partial charge in [0.2, 0.25) is 0 Å². The number of aromatic nitrogens is 1. The van der Waals surface area contributed by atoms with Gasteiger partial charge in [-0.25, -0.2) is 4.98 Å². The summed E-state index contributed by atoms with van der Waals surface area (Å²) in [6, 6.07) is 4.16. The lowest BCUT2D eigenvalue weighted by Gasteiger charge is -2.31. The van der Waals surface area contributed by atoms with Crippen LogP contribution in [0.15, 0.2) is 18.3 Å². The van der Waals surface area contributed by atoms with Gasteiger partial charge in [0.05, 0.1) is 12.7 Å². The molecule has 1 saturated heterocycles. The zero-order valence-electron chi connectivity index (χ0n) is 8.11. The van der Waals surface area contributed by atoms with E-state index in [0.29, 0.717) is 6.10 Å². The first kappa shape index (κ1) is 10.2. The quantitative estimate of drug-likeness (QED) is 0.741. The molecule has 0 aromatic carbocycles. The average Bonchev–Trinajstić information content (AvgIpc) is 2.19. The number of hydrogen-bond acceptors (Lipinski definition) is 3. The third kappa shape index (κ3) is 2.36. The number of nitrogens with zero attached hydrogens (tertiary/aromatic N) is 2. The summed E-state index contributed by atoms with van der Waals surface area (Å²) in [6.45, 7) is 4.78. The highest BCUT2D eigenvalue weighted by Crippen LogP contribution is 2.15. The highest BCUT2D eigenvalue weighted by atomic mass is 127. The molecule has 2 heterocycles. The normalized spacial score (nSPS) is 22.4. The number of hydrogen-bond donors (Lipinski definition) is 0. The third-order valence-corrected chi connectivity index (χ3v) is 2.91. The van der Waals surface area contributed by atoms with Crippen LogP contribution in [0.2, 0.25) is 0 Å². The second kappa shape index (κ2) is 4.44. The first-order chi connectivity index (χ1) is 6.75. The third-order valence-electron chi connectivity index (χ3n) is 2.28. The summed E-state index contributed by atoms with van der Waals surface area (Å²) in [5.41, 5.74) is 0. The van der Waals surface area contributed by atoms with Gasteiger partial charge in [-0.2, -0.15) is 0 Å². The van der Waals surface area contributed by atoms with E-state index in [1.54, 1.807) is 0 Å². The predicted octanol–water partition coefficient (Wildman–Crippen LogP) is 1.91. The number of pyridine rings is 1. The molecule has 3 nitrogen and oxygen atoms in total. The molecule has 0 amide bonds. The number of morpholine rings is 1. The number of rotatable bonds is 1. The molecule has 1 fully saturated rings. The Balaban J connectivity index is 2.10. The molecule has 0 N–H and O–H groups in total. The van der Waals surface area contributed by atoms with Gasteiger partial charge in [0.15, 0.2) is 0 Å². The Bertz CT molecular complexity index is 301. The highest BCUT2D eigenvalue weighted by Gasteiger charge is 2.17. The molecule has 4 heteroatoms. The van der Waals surface area contributed by atoms with E-state index < -0.39 is 0 Å². The molecule has 0 aliphatic carbocycles. The minimum Gasteiger partial charge on any atom is -0.375 e. The van der Waals surface area contributed by atoms with Gasteiger partial charge >= 0.3 is 0 Å². The second-order valence-electron chi connectivity index (χ2n) is 3.46. The van der Waals surface area contributed by atoms with Crippen LogP contribution in [0.1, 0.15) is 6.92 Å². The fraction of sp³-hybridized carbons (Fsp3) is 0.500. The number of anilines is 1. The van der Waals surface area contributed by atoms with Crippen molar-refractivity contribution >= 4 is 28.4 Å². The summed E-state index contributed by atoms with van der Waals surface area (Å²) in [5, 5.41) is 0. The van der Waals surface area contributed by atoms with Crippen molar-refractivity contribution in [3.63, 3.8) is 0 Å². The first-order valence-electron chi connectivity index (χ1n) is 4.74. The zero-order chi connectivity index (χ0) is 9.97. The first-order valence-corrected chi connectivity index (χ1v) is 5.81. The van der Waals surface area contributed by atoms with Gasteiger partial charge in [0, 0.05) is 22.9 Å². The van der Waals surface area contributed by atoms with E-state index >= 15 is 0 Å². The molecular weight excluding hydrogens is 291 g/mol. The maximum atomic E-state index is 5.48. The van der Waals surface area contributed by atoms with Crippen molar-refractivity contribution in [3.05, 3.63) is 21.9 Å². The van der Waals surface area contributed by atoms with E-state index in [0.717, 1.165) is 25.5 Å². The molecule has 1 unspecified atom stereocenters. The van der Waals surface area contributed by atoms with Crippen molar-refractivity contribution in [1.82, 2.24) is 4.98 Å². The molecule has 76 valence electrons. The SMILES string of the molecule is CC1CN(c2ccc(I)cn2)CCO1. The monoisotopic (exact) mass is 304 g/mol. The molecular formula is C10H13IN2O. The van der Waals surface area contributed by atoms with Crippen LogP contribution in [0.3, 0.4) is 0 Å². The average molecular weight is 304 g/mol. The van der Waals surface area contributed by atoms with Crippen LogP contribution in [0.4, 0.5) is 5.82 Å². The lowest BCUT2D eigenvalue weighted by atomic mass is 10.3. The van der Waals surface area contributed by atoms with Crippen LogP contribution < -0.4 is 4.90 Å². The Morgan fingerprint density at radius 1 is 1.57 bits per heavy atom. The van der Waals surface area contributed by atoms with E-state index in [-0.39, 0.29) is 0 Å². The topological polar surface area (TPSA) is 25.4 Å². The highest BCUT2D eigenvalue weighted by molar-refractivity contribution is 14.1. The van der Waals surface area contributed by atoms with Gasteiger partial charge in [0.25, 0.3) is 0 Å². The van der Waals surface area contributed by atoms with E-state index in [9.17, 15) is 0 Å². The van der Waals surface area contributed by atoms with Crippen LogP contribution in [-0.4, -0.2) is 30.8 Å². The zero-order valence-corrected chi connectivity index (χ0v) is 10.3. The lowest BCUT2D eigenvalue weighted by Crippen LogP contribution is -2.41. The van der Waals surface area contributed by atoms with E-state index in [1.165, 1.54) is 3.57 Å². The Kier molecular flexibility index (Phi) is 3.22. The fourth-order valence-electron chi connectivity index (χ4n) is 1.58. The van der Waals surface area contributed by atoms with E-state index in [4.69, 9.17) is 4.74 Å². The second-order valence-corrected chi connectivity index (χ2v) is 4.71. The van der Waals surface area contributed by atoms with Crippen molar-refractivity contribution in [2.75, 3.05) is 24.6 Å². The van der Waals surface area contributed by atoms with Gasteiger partial charge in [0.1, 0.15) is 5.82 Å². The van der Waals surface area contributed by atoms with Crippen LogP contribution in [0.25, 0.3) is 0 Å². The largest absolute Gasteiger partial charge is 0.375 e. The lowest BCUT2D eigenvalue weighted by molar-refractivity contribution is 0.0529. The molecule has 2 rings (SSSR count). The Morgan fingerprint density at radius 3 is 3.07 bits per heavy atom. The molecule has 14 heavy (non-hydrogen) atoms.